The Morgan fingerprint density at radius 1 is 1.35 bits per heavy atom. The lowest BCUT2D eigenvalue weighted by Crippen LogP contribution is -2.42. The molecule has 1 aromatic carbocycles. The van der Waals surface area contributed by atoms with Crippen molar-refractivity contribution in [2.24, 2.45) is 0 Å². The molecule has 1 unspecified atom stereocenters. The van der Waals surface area contributed by atoms with Crippen molar-refractivity contribution >= 4 is 39.1 Å². The second-order valence-corrected chi connectivity index (χ2v) is 6.23. The predicted octanol–water partition coefficient (Wildman–Crippen LogP) is 4.52. The third-order valence-corrected chi connectivity index (χ3v) is 4.41. The van der Waals surface area contributed by atoms with E-state index in [-0.39, 0.29) is 18.0 Å². The number of nitrogens with one attached hydrogen (secondary N) is 2. The third-order valence-electron chi connectivity index (χ3n) is 3.35. The van der Waals surface area contributed by atoms with Crippen LogP contribution in [0.5, 0.6) is 0 Å². The van der Waals surface area contributed by atoms with Crippen molar-refractivity contribution in [2.45, 2.75) is 52.6 Å². The highest BCUT2D eigenvalue weighted by Gasteiger charge is 2.17. The Kier molecular flexibility index (Phi) is 6.83. The number of anilines is 1. The minimum absolute atomic E-state index is 0.00213. The summed E-state index contributed by atoms with van der Waals surface area (Å²) in [5.41, 5.74) is 1.83. The molecule has 0 heterocycles. The number of aryl methyl sites for hydroxylation is 1. The number of hydrogen-bond donors (Lipinski definition) is 2. The summed E-state index contributed by atoms with van der Waals surface area (Å²) >= 11 is 9.60. The minimum atomic E-state index is -0.314. The van der Waals surface area contributed by atoms with Crippen molar-refractivity contribution in [3.05, 3.63) is 27.2 Å². The molecule has 0 aliphatic carbocycles. The first kappa shape index (κ1) is 17.3. The van der Waals surface area contributed by atoms with Gasteiger partial charge in [-0.1, -0.05) is 25.4 Å². The Bertz CT molecular complexity index is 475. The second kappa shape index (κ2) is 7.89. The summed E-state index contributed by atoms with van der Waals surface area (Å²) < 4.78 is 0.904. The molecular formula is C15H22BrClN2O. The van der Waals surface area contributed by atoms with Gasteiger partial charge < -0.3 is 10.6 Å². The van der Waals surface area contributed by atoms with Gasteiger partial charge in [0, 0.05) is 15.5 Å². The van der Waals surface area contributed by atoms with E-state index in [0.717, 1.165) is 28.6 Å². The van der Waals surface area contributed by atoms with E-state index in [9.17, 15) is 4.79 Å². The molecule has 112 valence electrons. The van der Waals surface area contributed by atoms with Crippen molar-refractivity contribution in [1.29, 1.82) is 0 Å². The lowest BCUT2D eigenvalue weighted by atomic mass is 10.1. The smallest absolute Gasteiger partial charge is 0.242 e. The summed E-state index contributed by atoms with van der Waals surface area (Å²) in [5.74, 6) is 0.00213. The minimum Gasteiger partial charge on any atom is -0.373 e. The molecule has 1 rings (SSSR count). The Hall–Kier alpha value is -0.740. The monoisotopic (exact) mass is 360 g/mol. The molecule has 2 N–H and O–H groups in total. The number of amides is 1. The van der Waals surface area contributed by atoms with E-state index in [4.69, 9.17) is 11.6 Å². The van der Waals surface area contributed by atoms with Crippen LogP contribution in [0.1, 0.15) is 39.2 Å². The van der Waals surface area contributed by atoms with Crippen LogP contribution in [0.2, 0.25) is 5.02 Å². The molecule has 0 fully saturated rings. The van der Waals surface area contributed by atoms with E-state index in [1.165, 1.54) is 0 Å². The van der Waals surface area contributed by atoms with E-state index in [0.29, 0.717) is 5.02 Å². The molecule has 0 spiro atoms. The summed E-state index contributed by atoms with van der Waals surface area (Å²) in [6, 6.07) is 3.69. The summed E-state index contributed by atoms with van der Waals surface area (Å²) in [6.07, 6.45) is 1.88. The van der Waals surface area contributed by atoms with Crippen molar-refractivity contribution < 1.29 is 4.79 Å². The number of rotatable bonds is 6. The van der Waals surface area contributed by atoms with Crippen LogP contribution in [-0.2, 0) is 4.79 Å². The summed E-state index contributed by atoms with van der Waals surface area (Å²) in [4.78, 5) is 12.1. The molecule has 0 saturated carbocycles. The maximum Gasteiger partial charge on any atom is 0.242 e. The second-order valence-electron chi connectivity index (χ2n) is 4.97. The lowest BCUT2D eigenvalue weighted by molar-refractivity contribution is -0.122. The molecule has 0 radical (unpaired) electrons. The molecule has 0 bridgehead atoms. The van der Waals surface area contributed by atoms with E-state index < -0.39 is 0 Å². The van der Waals surface area contributed by atoms with Crippen LogP contribution in [0.3, 0.4) is 0 Å². The Balaban J connectivity index is 2.73. The first-order valence-corrected chi connectivity index (χ1v) is 8.08. The van der Waals surface area contributed by atoms with Gasteiger partial charge in [-0.2, -0.15) is 0 Å². The van der Waals surface area contributed by atoms with Crippen LogP contribution in [0, 0.1) is 6.92 Å². The zero-order valence-electron chi connectivity index (χ0n) is 12.4. The molecule has 1 amide bonds. The van der Waals surface area contributed by atoms with Crippen molar-refractivity contribution in [1.82, 2.24) is 5.32 Å². The maximum absolute atomic E-state index is 12.1. The summed E-state index contributed by atoms with van der Waals surface area (Å²) in [6.45, 7) is 7.93. The molecule has 0 saturated heterocycles. The van der Waals surface area contributed by atoms with Gasteiger partial charge >= 0.3 is 0 Å². The quantitative estimate of drug-likeness (QED) is 0.782. The van der Waals surface area contributed by atoms with E-state index in [1.807, 2.05) is 26.0 Å². The zero-order valence-corrected chi connectivity index (χ0v) is 14.7. The van der Waals surface area contributed by atoms with Gasteiger partial charge in [0.2, 0.25) is 5.91 Å². The molecule has 0 aliphatic rings. The van der Waals surface area contributed by atoms with Crippen molar-refractivity contribution in [2.75, 3.05) is 5.32 Å². The van der Waals surface area contributed by atoms with Gasteiger partial charge in [-0.3, -0.25) is 4.79 Å². The predicted molar refractivity (Wildman–Crippen MR) is 89.5 cm³/mol. The van der Waals surface area contributed by atoms with Gasteiger partial charge in [0.25, 0.3) is 0 Å². The van der Waals surface area contributed by atoms with Crippen LogP contribution < -0.4 is 10.6 Å². The number of carbonyl (C=O) groups excluding carboxylic acids is 1. The van der Waals surface area contributed by atoms with Crippen LogP contribution in [0.25, 0.3) is 0 Å². The molecule has 5 heteroatoms. The van der Waals surface area contributed by atoms with Gasteiger partial charge in [0.05, 0.1) is 5.69 Å². The average Bonchev–Trinajstić information content (AvgIpc) is 2.41. The SMILES string of the molecule is CCC(CC)NC(=O)C(C)Nc1cc(Cl)c(C)cc1Br. The fraction of sp³-hybridized carbons (Fsp3) is 0.533. The van der Waals surface area contributed by atoms with Crippen molar-refractivity contribution in [3.8, 4) is 0 Å². The molecule has 3 nitrogen and oxygen atoms in total. The number of carbonyl (C=O) groups is 1. The normalized spacial score (nSPS) is 12.3. The summed E-state index contributed by atoms with van der Waals surface area (Å²) in [7, 11) is 0. The highest BCUT2D eigenvalue weighted by Crippen LogP contribution is 2.29. The standard InChI is InChI=1S/C15H22BrClN2O/c1-5-11(6-2)19-15(20)10(4)18-14-8-13(17)9(3)7-12(14)16/h7-8,10-11,18H,5-6H2,1-4H3,(H,19,20). The largest absolute Gasteiger partial charge is 0.373 e. The van der Waals surface area contributed by atoms with Crippen molar-refractivity contribution in [3.63, 3.8) is 0 Å². The van der Waals surface area contributed by atoms with Gasteiger partial charge in [-0.15, -0.1) is 0 Å². The van der Waals surface area contributed by atoms with Crippen LogP contribution in [0.4, 0.5) is 5.69 Å². The van der Waals surface area contributed by atoms with Gasteiger partial charge in [-0.05, 0) is 60.3 Å². The lowest BCUT2D eigenvalue weighted by Gasteiger charge is -2.21. The average molecular weight is 362 g/mol. The van der Waals surface area contributed by atoms with E-state index in [2.05, 4.69) is 40.4 Å². The van der Waals surface area contributed by atoms with E-state index in [1.54, 1.807) is 0 Å². The summed E-state index contributed by atoms with van der Waals surface area (Å²) in [5, 5.41) is 6.90. The van der Waals surface area contributed by atoms with Gasteiger partial charge in [0.15, 0.2) is 0 Å². The van der Waals surface area contributed by atoms with E-state index >= 15 is 0 Å². The molecule has 0 aromatic heterocycles. The zero-order chi connectivity index (χ0) is 15.3. The Morgan fingerprint density at radius 3 is 2.50 bits per heavy atom. The van der Waals surface area contributed by atoms with Crippen LogP contribution in [-0.4, -0.2) is 18.0 Å². The molecule has 20 heavy (non-hydrogen) atoms. The number of halogens is 2. The van der Waals surface area contributed by atoms with Crippen LogP contribution in [0.15, 0.2) is 16.6 Å². The topological polar surface area (TPSA) is 41.1 Å². The number of benzene rings is 1. The maximum atomic E-state index is 12.1. The number of hydrogen-bond acceptors (Lipinski definition) is 2. The fourth-order valence-electron chi connectivity index (χ4n) is 1.87. The van der Waals surface area contributed by atoms with Crippen LogP contribution >= 0.6 is 27.5 Å². The molecule has 1 aromatic rings. The highest BCUT2D eigenvalue weighted by atomic mass is 79.9. The first-order valence-electron chi connectivity index (χ1n) is 6.91. The Labute approximate surface area is 134 Å². The molecular weight excluding hydrogens is 340 g/mol. The fourth-order valence-corrected chi connectivity index (χ4v) is 2.61. The molecule has 1 atom stereocenters. The third kappa shape index (κ3) is 4.67. The van der Waals surface area contributed by atoms with Gasteiger partial charge in [-0.25, -0.2) is 0 Å². The highest BCUT2D eigenvalue weighted by molar-refractivity contribution is 9.10. The molecule has 0 aliphatic heterocycles. The van der Waals surface area contributed by atoms with Gasteiger partial charge in [0.1, 0.15) is 6.04 Å². The Morgan fingerprint density at radius 2 is 1.95 bits per heavy atom. The first-order chi connectivity index (χ1) is 9.38.